The molecule has 0 saturated carbocycles. The van der Waals surface area contributed by atoms with E-state index >= 15 is 0 Å². The number of nitrogens with zero attached hydrogens (tertiary/aromatic N) is 2. The van der Waals surface area contributed by atoms with Crippen molar-refractivity contribution in [3.8, 4) is 0 Å². The summed E-state index contributed by atoms with van der Waals surface area (Å²) in [5.74, 6) is 0.161. The number of oxime groups is 1. The second kappa shape index (κ2) is 4.59. The van der Waals surface area contributed by atoms with Crippen LogP contribution in [-0.4, -0.2) is 57.5 Å². The van der Waals surface area contributed by atoms with Gasteiger partial charge in [0.05, 0.1) is 12.2 Å². The number of aliphatic hydroxyl groups excluding tert-OH is 2. The molecule has 6 heteroatoms. The van der Waals surface area contributed by atoms with Crippen molar-refractivity contribution in [1.29, 1.82) is 0 Å². The maximum absolute atomic E-state index is 9.31. The van der Waals surface area contributed by atoms with E-state index in [0.29, 0.717) is 19.5 Å². The molecule has 1 saturated heterocycles. The van der Waals surface area contributed by atoms with E-state index in [1.165, 1.54) is 0 Å². The number of hydrogen-bond donors (Lipinski definition) is 4. The van der Waals surface area contributed by atoms with Crippen LogP contribution in [0.15, 0.2) is 5.16 Å². The predicted octanol–water partition coefficient (Wildman–Crippen LogP) is -1.45. The summed E-state index contributed by atoms with van der Waals surface area (Å²) in [5.41, 5.74) is 5.36. The Morgan fingerprint density at radius 2 is 2.00 bits per heavy atom. The zero-order chi connectivity index (χ0) is 10.7. The van der Waals surface area contributed by atoms with Gasteiger partial charge in [-0.25, -0.2) is 0 Å². The maximum atomic E-state index is 9.31. The number of rotatable bonds is 3. The molecule has 6 nitrogen and oxygen atoms in total. The summed E-state index contributed by atoms with van der Waals surface area (Å²) in [6.07, 6.45) is -0.954. The second-order valence-corrected chi connectivity index (χ2v) is 3.73. The summed E-state index contributed by atoms with van der Waals surface area (Å²) in [5, 5.41) is 29.9. The van der Waals surface area contributed by atoms with Gasteiger partial charge in [0.2, 0.25) is 0 Å². The fraction of sp³-hybridized carbons (Fsp3) is 0.875. The van der Waals surface area contributed by atoms with E-state index in [0.717, 1.165) is 0 Å². The van der Waals surface area contributed by atoms with Crippen molar-refractivity contribution in [2.45, 2.75) is 31.6 Å². The molecule has 0 amide bonds. The standard InChI is InChI=1S/C8H17N3O3/c1-5(2-8(9)10-14)11-3-6(12)7(13)4-11/h5-7,12-14H,2-4H2,1H3,(H2,9,10). The Bertz CT molecular complexity index is 212. The molecular weight excluding hydrogens is 186 g/mol. The number of likely N-dealkylation sites (tertiary alicyclic amines) is 1. The molecule has 5 N–H and O–H groups in total. The second-order valence-electron chi connectivity index (χ2n) is 3.73. The highest BCUT2D eigenvalue weighted by atomic mass is 16.4. The Morgan fingerprint density at radius 1 is 1.50 bits per heavy atom. The first-order chi connectivity index (χ1) is 6.54. The fourth-order valence-electron chi connectivity index (χ4n) is 1.63. The fourth-order valence-corrected chi connectivity index (χ4v) is 1.63. The molecule has 3 unspecified atom stereocenters. The van der Waals surface area contributed by atoms with Gasteiger partial charge in [-0.05, 0) is 6.92 Å². The monoisotopic (exact) mass is 203 g/mol. The van der Waals surface area contributed by atoms with Gasteiger partial charge in [0.1, 0.15) is 5.84 Å². The molecule has 1 aliphatic rings. The van der Waals surface area contributed by atoms with Crippen LogP contribution in [0.4, 0.5) is 0 Å². The minimum absolute atomic E-state index is 0.0534. The lowest BCUT2D eigenvalue weighted by Gasteiger charge is -2.22. The lowest BCUT2D eigenvalue weighted by Crippen LogP contribution is -2.35. The van der Waals surface area contributed by atoms with Gasteiger partial charge in [-0.1, -0.05) is 5.16 Å². The van der Waals surface area contributed by atoms with Gasteiger partial charge in [0, 0.05) is 25.6 Å². The van der Waals surface area contributed by atoms with E-state index in [4.69, 9.17) is 10.9 Å². The van der Waals surface area contributed by atoms with Crippen LogP contribution in [0.3, 0.4) is 0 Å². The minimum atomic E-state index is -0.690. The minimum Gasteiger partial charge on any atom is -0.409 e. The quantitative estimate of drug-likeness (QED) is 0.194. The third-order valence-electron chi connectivity index (χ3n) is 2.54. The van der Waals surface area contributed by atoms with Crippen LogP contribution in [0.1, 0.15) is 13.3 Å². The smallest absolute Gasteiger partial charge is 0.140 e. The predicted molar refractivity (Wildman–Crippen MR) is 51.1 cm³/mol. The van der Waals surface area contributed by atoms with Crippen molar-refractivity contribution < 1.29 is 15.4 Å². The third-order valence-corrected chi connectivity index (χ3v) is 2.54. The van der Waals surface area contributed by atoms with E-state index in [9.17, 15) is 10.2 Å². The summed E-state index contributed by atoms with van der Waals surface area (Å²) >= 11 is 0. The molecule has 1 fully saturated rings. The summed E-state index contributed by atoms with van der Waals surface area (Å²) in [4.78, 5) is 1.91. The Hall–Kier alpha value is -0.850. The first kappa shape index (κ1) is 11.2. The highest BCUT2D eigenvalue weighted by molar-refractivity contribution is 5.80. The van der Waals surface area contributed by atoms with Gasteiger partial charge >= 0.3 is 0 Å². The van der Waals surface area contributed by atoms with E-state index < -0.39 is 12.2 Å². The Balaban J connectivity index is 2.43. The van der Waals surface area contributed by atoms with Crippen LogP contribution in [0.2, 0.25) is 0 Å². The molecule has 0 aliphatic carbocycles. The largest absolute Gasteiger partial charge is 0.409 e. The van der Waals surface area contributed by atoms with Crippen molar-refractivity contribution in [3.05, 3.63) is 0 Å². The van der Waals surface area contributed by atoms with Gasteiger partial charge < -0.3 is 21.2 Å². The molecule has 1 rings (SSSR count). The average Bonchev–Trinajstić information content (AvgIpc) is 2.47. The van der Waals surface area contributed by atoms with E-state index in [1.807, 2.05) is 11.8 Å². The van der Waals surface area contributed by atoms with E-state index in [-0.39, 0.29) is 11.9 Å². The molecule has 0 aromatic rings. The Morgan fingerprint density at radius 3 is 2.43 bits per heavy atom. The van der Waals surface area contributed by atoms with Crippen LogP contribution in [0.5, 0.6) is 0 Å². The highest BCUT2D eigenvalue weighted by Crippen LogP contribution is 2.14. The van der Waals surface area contributed by atoms with Gasteiger partial charge in [0.25, 0.3) is 0 Å². The summed E-state index contributed by atoms with van der Waals surface area (Å²) in [7, 11) is 0. The lowest BCUT2D eigenvalue weighted by molar-refractivity contribution is 0.0572. The zero-order valence-corrected chi connectivity index (χ0v) is 8.17. The zero-order valence-electron chi connectivity index (χ0n) is 8.17. The van der Waals surface area contributed by atoms with Crippen LogP contribution < -0.4 is 5.73 Å². The van der Waals surface area contributed by atoms with Gasteiger partial charge in [-0.15, -0.1) is 0 Å². The van der Waals surface area contributed by atoms with Crippen molar-refractivity contribution in [1.82, 2.24) is 4.90 Å². The third kappa shape index (κ3) is 2.57. The maximum Gasteiger partial charge on any atom is 0.140 e. The van der Waals surface area contributed by atoms with Crippen LogP contribution in [-0.2, 0) is 0 Å². The first-order valence-corrected chi connectivity index (χ1v) is 4.61. The number of aliphatic hydroxyl groups is 2. The van der Waals surface area contributed by atoms with Crippen LogP contribution in [0.25, 0.3) is 0 Å². The van der Waals surface area contributed by atoms with Crippen molar-refractivity contribution in [2.75, 3.05) is 13.1 Å². The summed E-state index contributed by atoms with van der Waals surface area (Å²) < 4.78 is 0. The van der Waals surface area contributed by atoms with E-state index in [2.05, 4.69) is 5.16 Å². The van der Waals surface area contributed by atoms with Crippen LogP contribution in [0, 0.1) is 0 Å². The number of nitrogens with two attached hydrogens (primary N) is 1. The van der Waals surface area contributed by atoms with Gasteiger partial charge in [0.15, 0.2) is 0 Å². The number of amidine groups is 1. The molecule has 0 bridgehead atoms. The molecule has 0 spiro atoms. The highest BCUT2D eigenvalue weighted by Gasteiger charge is 2.32. The molecular formula is C8H17N3O3. The van der Waals surface area contributed by atoms with Crippen LogP contribution >= 0.6 is 0 Å². The molecule has 0 aromatic heterocycles. The number of hydrogen-bond acceptors (Lipinski definition) is 5. The van der Waals surface area contributed by atoms with Gasteiger partial charge in [-0.3, -0.25) is 4.90 Å². The van der Waals surface area contributed by atoms with Crippen molar-refractivity contribution in [3.63, 3.8) is 0 Å². The van der Waals surface area contributed by atoms with Crippen molar-refractivity contribution in [2.24, 2.45) is 10.9 Å². The lowest BCUT2D eigenvalue weighted by atomic mass is 10.2. The van der Waals surface area contributed by atoms with E-state index in [1.54, 1.807) is 0 Å². The average molecular weight is 203 g/mol. The van der Waals surface area contributed by atoms with Gasteiger partial charge in [-0.2, -0.15) is 0 Å². The first-order valence-electron chi connectivity index (χ1n) is 4.61. The topological polar surface area (TPSA) is 102 Å². The molecule has 1 heterocycles. The normalized spacial score (nSPS) is 32.1. The molecule has 3 atom stereocenters. The molecule has 0 aromatic carbocycles. The summed E-state index contributed by atoms with van der Waals surface area (Å²) in [6.45, 7) is 2.77. The SMILES string of the molecule is CC(CC(N)=NO)N1CC(O)C(O)C1. The summed E-state index contributed by atoms with van der Waals surface area (Å²) in [6, 6.07) is 0.0534. The molecule has 14 heavy (non-hydrogen) atoms. The Kier molecular flexibility index (Phi) is 3.68. The molecule has 0 radical (unpaired) electrons. The molecule has 1 aliphatic heterocycles. The van der Waals surface area contributed by atoms with Crippen molar-refractivity contribution >= 4 is 5.84 Å². The number of β-amino-alcohol motifs (C(OH)–C–C–N with tert-alkyl or cyclic N) is 2. The Labute approximate surface area is 82.6 Å². The molecule has 82 valence electrons.